The molecule has 1 aromatic rings. The van der Waals surface area contributed by atoms with Crippen molar-refractivity contribution in [1.82, 2.24) is 0 Å². The maximum atomic E-state index is 11.4. The van der Waals surface area contributed by atoms with Crippen LogP contribution in [0.2, 0.25) is 0 Å². The van der Waals surface area contributed by atoms with E-state index in [0.717, 1.165) is 0 Å². The van der Waals surface area contributed by atoms with Crippen LogP contribution in [0, 0.1) is 0 Å². The van der Waals surface area contributed by atoms with E-state index in [9.17, 15) is 14.4 Å². The number of hydrogen-bond acceptors (Lipinski definition) is 3. The summed E-state index contributed by atoms with van der Waals surface area (Å²) in [5.74, 6) is -2.27. The first-order valence-corrected chi connectivity index (χ1v) is 4.31. The monoisotopic (exact) mass is 188 g/mol. The normalized spacial score (nSPS) is 19.6. The average molecular weight is 188 g/mol. The molecule has 0 spiro atoms. The highest BCUT2D eigenvalue weighted by Crippen LogP contribution is 2.30. The molecule has 0 bridgehead atoms. The van der Waals surface area contributed by atoms with Gasteiger partial charge in [-0.3, -0.25) is 14.4 Å². The second-order valence-electron chi connectivity index (χ2n) is 3.32. The second-order valence-corrected chi connectivity index (χ2v) is 3.32. The van der Waals surface area contributed by atoms with E-state index in [0.29, 0.717) is 11.1 Å². The van der Waals surface area contributed by atoms with Gasteiger partial charge >= 0.3 is 0 Å². The summed E-state index contributed by atoms with van der Waals surface area (Å²) in [5, 5.41) is 0. The van der Waals surface area contributed by atoms with Crippen LogP contribution in [0.15, 0.2) is 24.3 Å². The van der Waals surface area contributed by atoms with Gasteiger partial charge in [-0.2, -0.15) is 0 Å². The first kappa shape index (κ1) is 8.81. The minimum atomic E-state index is -0.862. The van der Waals surface area contributed by atoms with Gasteiger partial charge in [0.25, 0.3) is 0 Å². The van der Waals surface area contributed by atoms with E-state index in [4.69, 9.17) is 0 Å². The van der Waals surface area contributed by atoms with Crippen molar-refractivity contribution in [3.63, 3.8) is 0 Å². The molecule has 14 heavy (non-hydrogen) atoms. The van der Waals surface area contributed by atoms with Crippen molar-refractivity contribution in [2.75, 3.05) is 0 Å². The Kier molecular flexibility index (Phi) is 1.81. The van der Waals surface area contributed by atoms with E-state index in [-0.39, 0.29) is 5.78 Å². The number of fused-ring (bicyclic) bond motifs is 1. The number of benzene rings is 1. The number of Topliss-reactive ketones (excluding diaryl/α,β-unsaturated/α-hetero) is 3. The van der Waals surface area contributed by atoms with Crippen LogP contribution in [0.25, 0.3) is 0 Å². The van der Waals surface area contributed by atoms with E-state index in [1.165, 1.54) is 6.92 Å². The van der Waals surface area contributed by atoms with Crippen LogP contribution in [-0.2, 0) is 9.59 Å². The molecule has 70 valence electrons. The fraction of sp³-hybridized carbons (Fsp3) is 0.182. The van der Waals surface area contributed by atoms with Gasteiger partial charge in [0.05, 0.1) is 0 Å². The van der Waals surface area contributed by atoms with E-state index in [1.54, 1.807) is 24.3 Å². The van der Waals surface area contributed by atoms with Crippen molar-refractivity contribution < 1.29 is 14.4 Å². The molecule has 1 aliphatic rings. The van der Waals surface area contributed by atoms with Gasteiger partial charge in [0, 0.05) is 5.56 Å². The average Bonchev–Trinajstić information content (AvgIpc) is 2.41. The lowest BCUT2D eigenvalue weighted by molar-refractivity contribution is -0.125. The van der Waals surface area contributed by atoms with Crippen LogP contribution in [0.5, 0.6) is 0 Å². The Hall–Kier alpha value is -1.77. The fourth-order valence-electron chi connectivity index (χ4n) is 1.76. The number of rotatable bonds is 1. The fourth-order valence-corrected chi connectivity index (χ4v) is 1.76. The summed E-state index contributed by atoms with van der Waals surface area (Å²) < 4.78 is 0. The third-order valence-corrected chi connectivity index (χ3v) is 2.41. The van der Waals surface area contributed by atoms with Gasteiger partial charge in [-0.15, -0.1) is 0 Å². The smallest absolute Gasteiger partial charge is 0.230 e. The van der Waals surface area contributed by atoms with Gasteiger partial charge < -0.3 is 0 Å². The lowest BCUT2D eigenvalue weighted by Gasteiger charge is -2.02. The molecule has 1 aromatic carbocycles. The Balaban J connectivity index is 2.64. The van der Waals surface area contributed by atoms with Crippen LogP contribution in [0.4, 0.5) is 0 Å². The van der Waals surface area contributed by atoms with Crippen LogP contribution < -0.4 is 0 Å². The summed E-state index contributed by atoms with van der Waals surface area (Å²) in [6.07, 6.45) is 0. The predicted molar refractivity (Wildman–Crippen MR) is 49.2 cm³/mol. The summed E-state index contributed by atoms with van der Waals surface area (Å²) in [6, 6.07) is 6.65. The zero-order chi connectivity index (χ0) is 10.3. The Labute approximate surface area is 80.7 Å². The van der Waals surface area contributed by atoms with Gasteiger partial charge in [-0.25, -0.2) is 0 Å². The molecule has 0 amide bonds. The van der Waals surface area contributed by atoms with Crippen molar-refractivity contribution in [1.29, 1.82) is 0 Å². The van der Waals surface area contributed by atoms with Crippen LogP contribution in [0.1, 0.15) is 28.8 Å². The predicted octanol–water partition coefficient (Wildman–Crippen LogP) is 1.12. The molecule has 0 saturated carbocycles. The maximum absolute atomic E-state index is 11.4. The molecule has 0 saturated heterocycles. The lowest BCUT2D eigenvalue weighted by atomic mass is 9.97. The van der Waals surface area contributed by atoms with Gasteiger partial charge in [0.1, 0.15) is 11.7 Å². The van der Waals surface area contributed by atoms with E-state index >= 15 is 0 Å². The third kappa shape index (κ3) is 1.02. The van der Waals surface area contributed by atoms with Gasteiger partial charge in [-0.1, -0.05) is 24.3 Å². The highest BCUT2D eigenvalue weighted by atomic mass is 16.2. The van der Waals surface area contributed by atoms with Gasteiger partial charge in [-0.05, 0) is 12.5 Å². The number of ketones is 3. The van der Waals surface area contributed by atoms with Crippen molar-refractivity contribution >= 4 is 17.3 Å². The van der Waals surface area contributed by atoms with Gasteiger partial charge in [0.15, 0.2) is 0 Å². The molecule has 0 heterocycles. The van der Waals surface area contributed by atoms with Crippen molar-refractivity contribution in [2.24, 2.45) is 0 Å². The van der Waals surface area contributed by atoms with Crippen LogP contribution in [-0.4, -0.2) is 17.3 Å². The molecule has 0 N–H and O–H groups in total. The van der Waals surface area contributed by atoms with Crippen LogP contribution in [0.3, 0.4) is 0 Å². The Morgan fingerprint density at radius 2 is 1.86 bits per heavy atom. The highest BCUT2D eigenvalue weighted by Gasteiger charge is 2.40. The van der Waals surface area contributed by atoms with Crippen molar-refractivity contribution in [3.8, 4) is 0 Å². The molecule has 0 aliphatic heterocycles. The molecular weight excluding hydrogens is 180 g/mol. The minimum Gasteiger partial charge on any atom is -0.299 e. The summed E-state index contributed by atoms with van der Waals surface area (Å²) in [5.41, 5.74) is 0.924. The van der Waals surface area contributed by atoms with E-state index in [1.807, 2.05) is 0 Å². The number of carbonyl (C=O) groups excluding carboxylic acids is 3. The molecular formula is C11H8O3. The molecule has 1 aliphatic carbocycles. The zero-order valence-corrected chi connectivity index (χ0v) is 7.61. The summed E-state index contributed by atoms with van der Waals surface area (Å²) in [6.45, 7) is 1.33. The second kappa shape index (κ2) is 2.87. The summed E-state index contributed by atoms with van der Waals surface area (Å²) in [7, 11) is 0. The summed E-state index contributed by atoms with van der Waals surface area (Å²) in [4.78, 5) is 34.0. The molecule has 0 radical (unpaired) electrons. The molecule has 1 unspecified atom stereocenters. The first-order chi connectivity index (χ1) is 6.63. The lowest BCUT2D eigenvalue weighted by Crippen LogP contribution is -2.18. The van der Waals surface area contributed by atoms with E-state index < -0.39 is 17.5 Å². The Morgan fingerprint density at radius 3 is 2.50 bits per heavy atom. The molecule has 3 nitrogen and oxygen atoms in total. The number of carbonyl (C=O) groups is 3. The highest BCUT2D eigenvalue weighted by molar-refractivity contribution is 6.52. The molecule has 0 aromatic heterocycles. The van der Waals surface area contributed by atoms with Gasteiger partial charge in [0.2, 0.25) is 11.6 Å². The molecule has 1 atom stereocenters. The van der Waals surface area contributed by atoms with Crippen molar-refractivity contribution in [2.45, 2.75) is 12.8 Å². The van der Waals surface area contributed by atoms with Crippen LogP contribution >= 0.6 is 0 Å². The first-order valence-electron chi connectivity index (χ1n) is 4.31. The molecule has 3 heteroatoms. The zero-order valence-electron chi connectivity index (χ0n) is 7.61. The Morgan fingerprint density at radius 1 is 1.21 bits per heavy atom. The minimum absolute atomic E-state index is 0.270. The third-order valence-electron chi connectivity index (χ3n) is 2.41. The summed E-state index contributed by atoms with van der Waals surface area (Å²) >= 11 is 0. The standard InChI is InChI=1S/C11H8O3/c1-6(12)9-7-4-2-3-5-8(7)10(13)11(9)14/h2-5,9H,1H3. The topological polar surface area (TPSA) is 51.2 Å². The molecule has 0 fully saturated rings. The SMILES string of the molecule is CC(=O)C1C(=O)C(=O)c2ccccc21. The largest absolute Gasteiger partial charge is 0.299 e. The Bertz CT molecular complexity index is 446. The molecule has 2 rings (SSSR count). The number of hydrogen-bond donors (Lipinski definition) is 0. The van der Waals surface area contributed by atoms with E-state index in [2.05, 4.69) is 0 Å². The maximum Gasteiger partial charge on any atom is 0.230 e. The quantitative estimate of drug-likeness (QED) is 0.490. The van der Waals surface area contributed by atoms with Crippen molar-refractivity contribution in [3.05, 3.63) is 35.4 Å².